The fourth-order valence-corrected chi connectivity index (χ4v) is 9.03. The molecule has 0 fully saturated rings. The van der Waals surface area contributed by atoms with E-state index in [-0.39, 0.29) is 28.6 Å². The summed E-state index contributed by atoms with van der Waals surface area (Å²) in [5.41, 5.74) is 2.26. The van der Waals surface area contributed by atoms with Crippen LogP contribution in [-0.4, -0.2) is 22.0 Å². The van der Waals surface area contributed by atoms with Crippen molar-refractivity contribution in [3.8, 4) is 0 Å². The van der Waals surface area contributed by atoms with E-state index in [9.17, 15) is 9.59 Å². The Bertz CT molecular complexity index is 2560. The van der Waals surface area contributed by atoms with Crippen LogP contribution in [0, 0.1) is 6.92 Å². The van der Waals surface area contributed by atoms with Crippen LogP contribution in [0.5, 0.6) is 0 Å². The molecule has 9 rings (SSSR count). The Hall–Kier alpha value is -5.58. The number of hydrogen-bond acceptors (Lipinski definition) is 8. The number of aromatic nitrogens is 2. The standard InChI is InChI=1S/C39H26N4O4S2/c1-23-11-2-3-13-25(23)21-42-30-19-8-7-18-29(30)39(36(42)46)32-33(44)28-17-6-9-20-31(28)47-34(32)35(45)43(39)37-40-41-38(49-37)48-22-26-15-10-14-24-12-4-5-16-27(24)26/h2-20H,21-22H2,1H3. The van der Waals surface area contributed by atoms with Gasteiger partial charge in [-0.05, 0) is 52.6 Å². The normalized spacial score (nSPS) is 16.7. The fourth-order valence-electron chi connectivity index (χ4n) is 7.13. The van der Waals surface area contributed by atoms with Gasteiger partial charge in [0.1, 0.15) is 5.58 Å². The number of amides is 2. The van der Waals surface area contributed by atoms with Gasteiger partial charge in [0, 0.05) is 11.3 Å². The molecular weight excluding hydrogens is 653 g/mol. The minimum absolute atomic E-state index is 0.00101. The molecule has 238 valence electrons. The molecule has 0 saturated heterocycles. The number of carbonyl (C=O) groups excluding carboxylic acids is 2. The summed E-state index contributed by atoms with van der Waals surface area (Å²) >= 11 is 2.72. The third-order valence-corrected chi connectivity index (χ3v) is 11.5. The average Bonchev–Trinajstić information content (AvgIpc) is 3.77. The molecule has 4 heterocycles. The van der Waals surface area contributed by atoms with E-state index in [0.29, 0.717) is 26.7 Å². The molecular formula is C39H26N4O4S2. The Balaban J connectivity index is 1.20. The molecule has 0 bridgehead atoms. The average molecular weight is 679 g/mol. The fraction of sp³-hybridized carbons (Fsp3) is 0.103. The molecule has 2 aliphatic heterocycles. The third-order valence-electron chi connectivity index (χ3n) is 9.44. The minimum atomic E-state index is -1.84. The van der Waals surface area contributed by atoms with Crippen LogP contribution in [0.25, 0.3) is 21.7 Å². The SMILES string of the molecule is Cc1ccccc1CN1C(=O)C2(c3ccccc31)c1c(oc3ccccc3c1=O)C(=O)N2c1nnc(SCc2cccc3ccccc23)s1. The highest BCUT2D eigenvalue weighted by Gasteiger charge is 2.66. The van der Waals surface area contributed by atoms with Crippen LogP contribution in [-0.2, 0) is 22.6 Å². The monoisotopic (exact) mass is 678 g/mol. The molecule has 0 saturated carbocycles. The maximum atomic E-state index is 15.2. The van der Waals surface area contributed by atoms with Gasteiger partial charge in [0.2, 0.25) is 10.9 Å². The molecule has 2 aliphatic rings. The predicted octanol–water partition coefficient (Wildman–Crippen LogP) is 7.85. The number of aryl methyl sites for hydroxylation is 1. The van der Waals surface area contributed by atoms with E-state index in [2.05, 4.69) is 34.5 Å². The van der Waals surface area contributed by atoms with Crippen molar-refractivity contribution in [2.75, 3.05) is 9.80 Å². The Labute approximate surface area is 288 Å². The van der Waals surface area contributed by atoms with E-state index >= 15 is 4.79 Å². The number of anilines is 2. The first-order valence-corrected chi connectivity index (χ1v) is 17.6. The van der Waals surface area contributed by atoms with Crippen LogP contribution < -0.4 is 15.2 Å². The van der Waals surface area contributed by atoms with E-state index in [4.69, 9.17) is 4.42 Å². The molecule has 49 heavy (non-hydrogen) atoms. The smallest absolute Gasteiger partial charge is 0.297 e. The molecule has 1 unspecified atom stereocenters. The van der Waals surface area contributed by atoms with Gasteiger partial charge in [-0.3, -0.25) is 19.3 Å². The van der Waals surface area contributed by atoms with Crippen LogP contribution in [0.4, 0.5) is 10.8 Å². The number of hydrogen-bond donors (Lipinski definition) is 0. The molecule has 0 N–H and O–H groups in total. The summed E-state index contributed by atoms with van der Waals surface area (Å²) in [6.45, 7) is 2.25. The van der Waals surface area contributed by atoms with Crippen LogP contribution >= 0.6 is 23.1 Å². The van der Waals surface area contributed by atoms with E-state index in [1.54, 1.807) is 29.2 Å². The predicted molar refractivity (Wildman–Crippen MR) is 192 cm³/mol. The number of para-hydroxylation sites is 2. The first kappa shape index (κ1) is 29.6. The van der Waals surface area contributed by atoms with Crippen LogP contribution in [0.2, 0.25) is 0 Å². The van der Waals surface area contributed by atoms with Crippen molar-refractivity contribution in [1.82, 2.24) is 10.2 Å². The number of fused-ring (bicyclic) bond motifs is 6. The lowest BCUT2D eigenvalue weighted by atomic mass is 9.84. The quantitative estimate of drug-likeness (QED) is 0.131. The van der Waals surface area contributed by atoms with Gasteiger partial charge < -0.3 is 9.32 Å². The topological polar surface area (TPSA) is 96.6 Å². The largest absolute Gasteiger partial charge is 0.450 e. The summed E-state index contributed by atoms with van der Waals surface area (Å²) in [5, 5.41) is 11.8. The highest BCUT2D eigenvalue weighted by Crippen LogP contribution is 2.55. The van der Waals surface area contributed by atoms with E-state index in [1.165, 1.54) is 28.0 Å². The van der Waals surface area contributed by atoms with Gasteiger partial charge in [-0.2, -0.15) is 0 Å². The first-order valence-electron chi connectivity index (χ1n) is 15.8. The van der Waals surface area contributed by atoms with E-state index in [0.717, 1.165) is 27.5 Å². The number of benzene rings is 5. The summed E-state index contributed by atoms with van der Waals surface area (Å²) in [4.78, 5) is 47.4. The van der Waals surface area contributed by atoms with Crippen LogP contribution in [0.3, 0.4) is 0 Å². The number of carbonyl (C=O) groups is 2. The van der Waals surface area contributed by atoms with Crippen molar-refractivity contribution in [3.63, 3.8) is 0 Å². The maximum Gasteiger partial charge on any atom is 0.297 e. The third kappa shape index (κ3) is 4.34. The lowest BCUT2D eigenvalue weighted by molar-refractivity contribution is -0.121. The Kier molecular flexibility index (Phi) is 6.79. The highest BCUT2D eigenvalue weighted by molar-refractivity contribution is 8.00. The van der Waals surface area contributed by atoms with Crippen molar-refractivity contribution >= 4 is 67.5 Å². The Morgan fingerprint density at radius 1 is 0.776 bits per heavy atom. The van der Waals surface area contributed by atoms with Crippen molar-refractivity contribution in [2.45, 2.75) is 29.1 Å². The van der Waals surface area contributed by atoms with Crippen molar-refractivity contribution in [2.24, 2.45) is 0 Å². The molecule has 0 radical (unpaired) electrons. The minimum Gasteiger partial charge on any atom is -0.450 e. The second-order valence-corrected chi connectivity index (χ2v) is 14.3. The van der Waals surface area contributed by atoms with Gasteiger partial charge in [-0.25, -0.2) is 0 Å². The van der Waals surface area contributed by atoms with Gasteiger partial charge in [0.05, 0.1) is 23.2 Å². The first-order chi connectivity index (χ1) is 24.0. The molecule has 10 heteroatoms. The summed E-state index contributed by atoms with van der Waals surface area (Å²) in [6.07, 6.45) is 0. The lowest BCUT2D eigenvalue weighted by Crippen LogP contribution is -2.53. The molecule has 2 aromatic heterocycles. The van der Waals surface area contributed by atoms with E-state index < -0.39 is 22.8 Å². The van der Waals surface area contributed by atoms with Crippen molar-refractivity contribution in [1.29, 1.82) is 0 Å². The number of rotatable bonds is 6. The second kappa shape index (κ2) is 11.3. The summed E-state index contributed by atoms with van der Waals surface area (Å²) in [6, 6.07) is 36.4. The maximum absolute atomic E-state index is 15.2. The zero-order valence-corrected chi connectivity index (χ0v) is 27.8. The highest BCUT2D eigenvalue weighted by atomic mass is 32.2. The molecule has 0 aliphatic carbocycles. The lowest BCUT2D eigenvalue weighted by Gasteiger charge is -2.32. The van der Waals surface area contributed by atoms with Crippen molar-refractivity contribution < 1.29 is 14.0 Å². The van der Waals surface area contributed by atoms with Gasteiger partial charge in [0.25, 0.3) is 11.8 Å². The van der Waals surface area contributed by atoms with Gasteiger partial charge in [-0.15, -0.1) is 10.2 Å². The summed E-state index contributed by atoms with van der Waals surface area (Å²) < 4.78 is 6.84. The van der Waals surface area contributed by atoms with Gasteiger partial charge in [-0.1, -0.05) is 120 Å². The van der Waals surface area contributed by atoms with Crippen LogP contribution in [0.1, 0.15) is 38.4 Å². The van der Waals surface area contributed by atoms with Gasteiger partial charge in [0.15, 0.2) is 15.3 Å². The van der Waals surface area contributed by atoms with Crippen molar-refractivity contribution in [3.05, 3.63) is 159 Å². The molecule has 5 aromatic carbocycles. The number of nitrogens with zero attached hydrogens (tertiary/aromatic N) is 4. The van der Waals surface area contributed by atoms with Crippen LogP contribution in [0.15, 0.2) is 129 Å². The zero-order valence-electron chi connectivity index (χ0n) is 26.1. The molecule has 1 atom stereocenters. The molecule has 8 nitrogen and oxygen atoms in total. The Morgan fingerprint density at radius 3 is 2.37 bits per heavy atom. The molecule has 1 spiro atoms. The van der Waals surface area contributed by atoms with E-state index in [1.807, 2.05) is 73.7 Å². The number of thioether (sulfide) groups is 1. The molecule has 7 aromatic rings. The second-order valence-electron chi connectivity index (χ2n) is 12.1. The van der Waals surface area contributed by atoms with Gasteiger partial charge >= 0.3 is 0 Å². The Morgan fingerprint density at radius 2 is 1.49 bits per heavy atom. The molecule has 2 amide bonds. The zero-order chi connectivity index (χ0) is 33.3. The summed E-state index contributed by atoms with van der Waals surface area (Å²) in [7, 11) is 0. The summed E-state index contributed by atoms with van der Waals surface area (Å²) in [5.74, 6) is -0.566.